The Labute approximate surface area is 250 Å². The van der Waals surface area contributed by atoms with Crippen molar-refractivity contribution in [2.24, 2.45) is 0 Å². The summed E-state index contributed by atoms with van der Waals surface area (Å²) in [4.78, 5) is 39.0. The highest BCUT2D eigenvalue weighted by atomic mass is 16.5. The van der Waals surface area contributed by atoms with Crippen LogP contribution in [-0.4, -0.2) is 53.4 Å². The number of nitrogens with one attached hydrogen (secondary N) is 3. The van der Waals surface area contributed by atoms with Crippen molar-refractivity contribution in [3.8, 4) is 39.9 Å². The van der Waals surface area contributed by atoms with Gasteiger partial charge in [0.15, 0.2) is 11.5 Å². The van der Waals surface area contributed by atoms with E-state index >= 15 is 0 Å². The molecule has 3 N–H and O–H groups in total. The van der Waals surface area contributed by atoms with Crippen molar-refractivity contribution < 1.29 is 33.3 Å². The molecule has 0 spiro atoms. The Morgan fingerprint density at radius 2 is 1.56 bits per heavy atom. The van der Waals surface area contributed by atoms with Gasteiger partial charge in [-0.25, -0.2) is 0 Å². The Kier molecular flexibility index (Phi) is 9.64. The summed E-state index contributed by atoms with van der Waals surface area (Å²) in [5.41, 5.74) is 3.24. The van der Waals surface area contributed by atoms with Gasteiger partial charge in [0, 0.05) is 18.6 Å². The summed E-state index contributed by atoms with van der Waals surface area (Å²) in [5, 5.41) is 8.86. The van der Waals surface area contributed by atoms with Crippen LogP contribution < -0.4 is 45.1 Å². The monoisotopic (exact) mass is 591 g/mol. The molecule has 11 heteroatoms. The minimum atomic E-state index is -0.803. The molecule has 1 aliphatic carbocycles. The molecule has 228 valence electrons. The molecule has 0 unspecified atom stereocenters. The van der Waals surface area contributed by atoms with E-state index in [0.29, 0.717) is 58.4 Å². The molecular weight excluding hydrogens is 554 g/mol. The number of amides is 2. The van der Waals surface area contributed by atoms with Crippen molar-refractivity contribution in [2.75, 3.05) is 46.2 Å². The number of carbonyl (C=O) groups excluding carboxylic acids is 2. The lowest BCUT2D eigenvalue weighted by Gasteiger charge is -2.19. The van der Waals surface area contributed by atoms with Crippen LogP contribution in [0.3, 0.4) is 0 Å². The lowest BCUT2D eigenvalue weighted by molar-refractivity contribution is -0.119. The average Bonchev–Trinajstić information content (AvgIpc) is 3.24. The van der Waals surface area contributed by atoms with Crippen molar-refractivity contribution in [3.63, 3.8) is 0 Å². The average molecular weight is 592 g/mol. The number of benzene rings is 2. The van der Waals surface area contributed by atoms with Gasteiger partial charge in [0.25, 0.3) is 0 Å². The number of fused-ring (bicyclic) bond motifs is 3. The largest absolute Gasteiger partial charge is 0.497 e. The van der Waals surface area contributed by atoms with Crippen LogP contribution in [-0.2, 0) is 16.0 Å². The van der Waals surface area contributed by atoms with Crippen LogP contribution in [0.1, 0.15) is 37.4 Å². The van der Waals surface area contributed by atoms with E-state index in [2.05, 4.69) is 16.0 Å². The van der Waals surface area contributed by atoms with E-state index in [1.165, 1.54) is 34.3 Å². The van der Waals surface area contributed by atoms with Gasteiger partial charge in [-0.15, -0.1) is 0 Å². The van der Waals surface area contributed by atoms with Gasteiger partial charge < -0.3 is 39.6 Å². The Balaban J connectivity index is 1.78. The molecule has 1 aliphatic rings. The smallest absolute Gasteiger partial charge is 0.246 e. The molecule has 3 aromatic rings. The summed E-state index contributed by atoms with van der Waals surface area (Å²) in [6.07, 6.45) is 1.12. The van der Waals surface area contributed by atoms with Crippen molar-refractivity contribution in [2.45, 2.75) is 38.8 Å². The van der Waals surface area contributed by atoms with E-state index in [-0.39, 0.29) is 22.9 Å². The van der Waals surface area contributed by atoms with Crippen LogP contribution in [0.5, 0.6) is 28.7 Å². The number of ether oxygens (including phenoxy) is 5. The molecule has 2 amide bonds. The normalized spacial score (nSPS) is 14.2. The number of carbonyl (C=O) groups is 2. The zero-order chi connectivity index (χ0) is 31.3. The van der Waals surface area contributed by atoms with Gasteiger partial charge in [0.1, 0.15) is 17.5 Å². The predicted octanol–water partition coefficient (Wildman–Crippen LogP) is 4.32. The SMILES string of the molecule is COc1ccc(OC)c(NC(=O)[C@H](C)Nc2ccc3c(cc2=O)[C@@H](NC(C)=O)CCc2cc(OC)c(OC)c(OC)c2-3)c1. The van der Waals surface area contributed by atoms with Gasteiger partial charge in [-0.3, -0.25) is 14.4 Å². The van der Waals surface area contributed by atoms with Crippen molar-refractivity contribution in [1.82, 2.24) is 5.32 Å². The summed E-state index contributed by atoms with van der Waals surface area (Å²) >= 11 is 0. The number of methoxy groups -OCH3 is 5. The fraction of sp³-hybridized carbons (Fsp3) is 0.344. The number of rotatable bonds is 10. The lowest BCUT2D eigenvalue weighted by atomic mass is 9.95. The standard InChI is InChI=1S/C32H37N3O8/c1-17(32(38)35-25-15-20(39-3)9-13-27(25)40-4)33-24-12-10-21-22(16-26(24)37)23(34-18(2)36)11-8-19-14-28(41-5)30(42-6)31(43-7)29(19)21/h9-10,12-17,23H,8,11H2,1-7H3,(H,33,37)(H,34,36)(H,35,38)/t17-,23-/m0/s1. The Bertz CT molecular complexity index is 1590. The van der Waals surface area contributed by atoms with Gasteiger partial charge in [0.05, 0.1) is 53.0 Å². The molecule has 0 heterocycles. The molecule has 43 heavy (non-hydrogen) atoms. The van der Waals surface area contributed by atoms with E-state index in [1.807, 2.05) is 6.07 Å². The minimum absolute atomic E-state index is 0.205. The summed E-state index contributed by atoms with van der Waals surface area (Å²) in [7, 11) is 7.66. The Morgan fingerprint density at radius 1 is 0.837 bits per heavy atom. The van der Waals surface area contributed by atoms with Crippen molar-refractivity contribution in [1.29, 1.82) is 0 Å². The van der Waals surface area contributed by atoms with Crippen LogP contribution >= 0.6 is 0 Å². The topological polar surface area (TPSA) is 133 Å². The highest BCUT2D eigenvalue weighted by molar-refractivity contribution is 5.97. The molecule has 4 rings (SSSR count). The van der Waals surface area contributed by atoms with E-state index in [9.17, 15) is 14.4 Å². The van der Waals surface area contributed by atoms with Crippen molar-refractivity contribution in [3.05, 3.63) is 63.8 Å². The zero-order valence-electron chi connectivity index (χ0n) is 25.4. The number of aryl methyl sites for hydroxylation is 1. The predicted molar refractivity (Wildman–Crippen MR) is 164 cm³/mol. The van der Waals surface area contributed by atoms with E-state index in [0.717, 1.165) is 11.1 Å². The zero-order valence-corrected chi connectivity index (χ0v) is 25.4. The van der Waals surface area contributed by atoms with Gasteiger partial charge >= 0.3 is 0 Å². The molecule has 0 aromatic heterocycles. The van der Waals surface area contributed by atoms with Crippen LogP contribution in [0.25, 0.3) is 11.1 Å². The second-order valence-corrected chi connectivity index (χ2v) is 10.0. The third-order valence-corrected chi connectivity index (χ3v) is 7.35. The fourth-order valence-electron chi connectivity index (χ4n) is 5.28. The number of hydrogen-bond acceptors (Lipinski definition) is 9. The molecule has 0 radical (unpaired) electrons. The molecule has 2 atom stereocenters. The van der Waals surface area contributed by atoms with Crippen molar-refractivity contribution >= 4 is 23.2 Å². The maximum absolute atomic E-state index is 13.6. The summed E-state index contributed by atoms with van der Waals surface area (Å²) in [6, 6.07) is 10.6. The molecule has 0 saturated heterocycles. The maximum atomic E-state index is 13.6. The summed E-state index contributed by atoms with van der Waals surface area (Å²) < 4.78 is 27.7. The van der Waals surface area contributed by atoms with Crippen LogP contribution in [0.15, 0.2) is 47.3 Å². The fourth-order valence-corrected chi connectivity index (χ4v) is 5.28. The third kappa shape index (κ3) is 6.45. The first kappa shape index (κ1) is 31.0. The van der Waals surface area contributed by atoms with E-state index in [1.54, 1.807) is 51.5 Å². The van der Waals surface area contributed by atoms with E-state index < -0.39 is 12.1 Å². The molecule has 0 fully saturated rings. The molecule has 0 aliphatic heterocycles. The molecule has 11 nitrogen and oxygen atoms in total. The highest BCUT2D eigenvalue weighted by Gasteiger charge is 2.29. The second-order valence-electron chi connectivity index (χ2n) is 10.0. The van der Waals surface area contributed by atoms with Crippen LogP contribution in [0.2, 0.25) is 0 Å². The first-order valence-electron chi connectivity index (χ1n) is 13.7. The molecule has 0 saturated carbocycles. The minimum Gasteiger partial charge on any atom is -0.497 e. The Morgan fingerprint density at radius 3 is 2.19 bits per heavy atom. The lowest BCUT2D eigenvalue weighted by Crippen LogP contribution is -2.33. The maximum Gasteiger partial charge on any atom is 0.246 e. The molecule has 3 aromatic carbocycles. The highest BCUT2D eigenvalue weighted by Crippen LogP contribution is 2.50. The van der Waals surface area contributed by atoms with Gasteiger partial charge in [-0.2, -0.15) is 0 Å². The summed E-state index contributed by atoms with van der Waals surface area (Å²) in [5.74, 6) is 1.78. The van der Waals surface area contributed by atoms with Gasteiger partial charge in [-0.05, 0) is 66.8 Å². The number of hydrogen-bond donors (Lipinski definition) is 3. The quantitative estimate of drug-likeness (QED) is 0.315. The van der Waals surface area contributed by atoms with Gasteiger partial charge in [-0.1, -0.05) is 6.07 Å². The first-order chi connectivity index (χ1) is 20.6. The van der Waals surface area contributed by atoms with E-state index in [4.69, 9.17) is 23.7 Å². The third-order valence-electron chi connectivity index (χ3n) is 7.35. The Hall–Kier alpha value is -4.93. The van der Waals surface area contributed by atoms with Crippen LogP contribution in [0.4, 0.5) is 11.4 Å². The number of anilines is 2. The van der Waals surface area contributed by atoms with Crippen LogP contribution in [0, 0.1) is 0 Å². The summed E-state index contributed by atoms with van der Waals surface area (Å²) in [6.45, 7) is 3.09. The molecular formula is C32H37N3O8. The van der Waals surface area contributed by atoms with Gasteiger partial charge in [0.2, 0.25) is 23.0 Å². The molecule has 0 bridgehead atoms. The second kappa shape index (κ2) is 13.4. The first-order valence-corrected chi connectivity index (χ1v) is 13.7.